The van der Waals surface area contributed by atoms with Crippen molar-refractivity contribution in [1.29, 1.82) is 0 Å². The number of hydrogen-bond donors (Lipinski definition) is 2. The zero-order chi connectivity index (χ0) is 19.3. The molecule has 1 rings (SSSR count). The van der Waals surface area contributed by atoms with Crippen molar-refractivity contribution in [3.63, 3.8) is 0 Å². The van der Waals surface area contributed by atoms with Crippen molar-refractivity contribution < 1.29 is 18.1 Å². The van der Waals surface area contributed by atoms with Gasteiger partial charge < -0.3 is 11.5 Å². The fourth-order valence-electron chi connectivity index (χ4n) is 1.70. The number of nitrogens with two attached hydrogens (primary N) is 2. The molecule has 0 aliphatic carbocycles. The van der Waals surface area contributed by atoms with Crippen molar-refractivity contribution in [2.24, 2.45) is 5.73 Å². The van der Waals surface area contributed by atoms with Gasteiger partial charge in [-0.25, -0.2) is 4.57 Å². The minimum Gasteiger partial charge on any atom is -0.399 e. The Hall–Kier alpha value is -1.35. The van der Waals surface area contributed by atoms with E-state index in [1.54, 1.807) is 65.8 Å². The highest BCUT2D eigenvalue weighted by molar-refractivity contribution is 7.48. The first-order valence-electron chi connectivity index (χ1n) is 8.07. The van der Waals surface area contributed by atoms with Gasteiger partial charge in [0.05, 0.1) is 23.9 Å². The summed E-state index contributed by atoms with van der Waals surface area (Å²) in [4.78, 5) is 0. The zero-order valence-electron chi connectivity index (χ0n) is 15.8. The van der Waals surface area contributed by atoms with Gasteiger partial charge in [0, 0.05) is 11.3 Å². The molecule has 140 valence electrons. The van der Waals surface area contributed by atoms with Crippen LogP contribution < -0.4 is 11.5 Å². The first-order chi connectivity index (χ1) is 11.3. The first kappa shape index (κ1) is 21.7. The van der Waals surface area contributed by atoms with Gasteiger partial charge in [-0.3, -0.25) is 13.6 Å². The maximum absolute atomic E-state index is 12.9. The molecule has 1 aromatic carbocycles. The van der Waals surface area contributed by atoms with Crippen LogP contribution in [0.4, 0.5) is 5.69 Å². The molecule has 0 radical (unpaired) electrons. The molecule has 1 atom stereocenters. The highest BCUT2D eigenvalue weighted by Crippen LogP contribution is 2.55. The molecule has 0 aliphatic heterocycles. The van der Waals surface area contributed by atoms with Crippen LogP contribution in [0.2, 0.25) is 0 Å². The molecule has 4 N–H and O–H groups in total. The summed E-state index contributed by atoms with van der Waals surface area (Å²) in [6, 6.07) is 6.47. The molecule has 0 saturated heterocycles. The van der Waals surface area contributed by atoms with Gasteiger partial charge in [0.15, 0.2) is 0 Å². The molecule has 0 spiro atoms. The monoisotopic (exact) mass is 368 g/mol. The second-order valence-electron chi connectivity index (χ2n) is 7.65. The summed E-state index contributed by atoms with van der Waals surface area (Å²) in [5.74, 6) is 5.77. The van der Waals surface area contributed by atoms with E-state index >= 15 is 0 Å². The summed E-state index contributed by atoms with van der Waals surface area (Å²) in [6.45, 7) is 10.6. The number of phosphoric acid groups is 1. The Balaban J connectivity index is 2.75. The zero-order valence-corrected chi connectivity index (χ0v) is 16.7. The molecule has 1 aromatic rings. The Bertz CT molecular complexity index is 644. The molecule has 7 heteroatoms. The molecule has 0 aliphatic rings. The van der Waals surface area contributed by atoms with E-state index in [1.807, 2.05) is 0 Å². The number of nitrogen functional groups attached to an aromatic ring is 1. The SMILES string of the molecule is CC(C)(C)OP(=O)(OCC(N)C#Cc1ccc(N)cc1)OC(C)(C)C. The van der Waals surface area contributed by atoms with E-state index in [9.17, 15) is 4.57 Å². The molecular formula is C18H29N2O4P. The third-order valence-electron chi connectivity index (χ3n) is 2.50. The smallest absolute Gasteiger partial charge is 0.399 e. The third kappa shape index (κ3) is 9.64. The lowest BCUT2D eigenvalue weighted by atomic mass is 10.2. The molecule has 6 nitrogen and oxygen atoms in total. The van der Waals surface area contributed by atoms with E-state index in [-0.39, 0.29) is 6.61 Å². The average molecular weight is 368 g/mol. The van der Waals surface area contributed by atoms with Gasteiger partial charge in [0.1, 0.15) is 0 Å². The molecule has 0 saturated carbocycles. The fourth-order valence-corrected chi connectivity index (χ4v) is 3.53. The average Bonchev–Trinajstić information content (AvgIpc) is 2.40. The number of rotatable bonds is 5. The summed E-state index contributed by atoms with van der Waals surface area (Å²) in [5, 5.41) is 0. The van der Waals surface area contributed by atoms with Gasteiger partial charge in [0.25, 0.3) is 0 Å². The van der Waals surface area contributed by atoms with E-state index in [0.29, 0.717) is 5.69 Å². The molecule has 0 aromatic heterocycles. The second kappa shape index (κ2) is 8.35. The van der Waals surface area contributed by atoms with Gasteiger partial charge in [-0.15, -0.1) is 0 Å². The normalized spacial score (nSPS) is 13.9. The number of benzene rings is 1. The second-order valence-corrected chi connectivity index (χ2v) is 9.17. The third-order valence-corrected chi connectivity index (χ3v) is 4.50. The summed E-state index contributed by atoms with van der Waals surface area (Å²) in [5.41, 5.74) is 11.6. The largest absolute Gasteiger partial charge is 0.475 e. The lowest BCUT2D eigenvalue weighted by Gasteiger charge is -2.31. The Kier molecular flexibility index (Phi) is 7.25. The predicted molar refractivity (Wildman–Crippen MR) is 101 cm³/mol. The van der Waals surface area contributed by atoms with Crippen LogP contribution in [-0.4, -0.2) is 23.9 Å². The standard InChI is InChI=1S/C18H29N2O4P/c1-17(2,3)23-25(21,24-18(4,5)6)22-13-16(20)12-9-14-7-10-15(19)11-8-14/h7-8,10-11,16H,13,19-20H2,1-6H3. The minimum atomic E-state index is -3.78. The molecule has 0 bridgehead atoms. The van der Waals surface area contributed by atoms with Crippen LogP contribution in [0.5, 0.6) is 0 Å². The molecule has 25 heavy (non-hydrogen) atoms. The van der Waals surface area contributed by atoms with Crippen LogP contribution >= 0.6 is 7.82 Å². The quantitative estimate of drug-likeness (QED) is 0.467. The maximum Gasteiger partial charge on any atom is 0.475 e. The van der Waals surface area contributed by atoms with E-state index in [4.69, 9.17) is 25.0 Å². The van der Waals surface area contributed by atoms with Crippen molar-refractivity contribution in [3.05, 3.63) is 29.8 Å². The van der Waals surface area contributed by atoms with Crippen LogP contribution in [0.1, 0.15) is 47.1 Å². The summed E-state index contributed by atoms with van der Waals surface area (Å²) in [7, 11) is -3.78. The van der Waals surface area contributed by atoms with Gasteiger partial charge in [-0.05, 0) is 65.8 Å². The summed E-state index contributed by atoms with van der Waals surface area (Å²) >= 11 is 0. The van der Waals surface area contributed by atoms with Gasteiger partial charge in [-0.1, -0.05) is 11.8 Å². The van der Waals surface area contributed by atoms with Crippen LogP contribution in [0.15, 0.2) is 24.3 Å². The molecule has 0 fully saturated rings. The van der Waals surface area contributed by atoms with Crippen molar-refractivity contribution >= 4 is 13.5 Å². The molecule has 1 unspecified atom stereocenters. The van der Waals surface area contributed by atoms with Crippen molar-refractivity contribution in [2.45, 2.75) is 58.8 Å². The number of hydrogen-bond acceptors (Lipinski definition) is 6. The van der Waals surface area contributed by atoms with E-state index in [2.05, 4.69) is 11.8 Å². The minimum absolute atomic E-state index is 0.0780. The summed E-state index contributed by atoms with van der Waals surface area (Å²) in [6.07, 6.45) is 0. The number of phosphoric ester groups is 1. The Morgan fingerprint density at radius 1 is 1.04 bits per heavy atom. The fraction of sp³-hybridized carbons (Fsp3) is 0.556. The van der Waals surface area contributed by atoms with Gasteiger partial charge >= 0.3 is 7.82 Å². The highest BCUT2D eigenvalue weighted by Gasteiger charge is 2.37. The lowest BCUT2D eigenvalue weighted by Crippen LogP contribution is -2.28. The van der Waals surface area contributed by atoms with E-state index in [0.717, 1.165) is 5.56 Å². The molecular weight excluding hydrogens is 339 g/mol. The van der Waals surface area contributed by atoms with Crippen molar-refractivity contribution in [1.82, 2.24) is 0 Å². The van der Waals surface area contributed by atoms with E-state index in [1.165, 1.54) is 0 Å². The Morgan fingerprint density at radius 3 is 1.96 bits per heavy atom. The molecule has 0 amide bonds. The number of anilines is 1. The van der Waals surface area contributed by atoms with Gasteiger partial charge in [-0.2, -0.15) is 0 Å². The van der Waals surface area contributed by atoms with E-state index < -0.39 is 25.1 Å². The predicted octanol–water partition coefficient (Wildman–Crippen LogP) is 3.70. The van der Waals surface area contributed by atoms with Crippen molar-refractivity contribution in [2.75, 3.05) is 12.3 Å². The molecule has 0 heterocycles. The van der Waals surface area contributed by atoms with Crippen LogP contribution in [0.25, 0.3) is 0 Å². The summed E-state index contributed by atoms with van der Waals surface area (Å²) < 4.78 is 29.3. The lowest BCUT2D eigenvalue weighted by molar-refractivity contribution is 0.00303. The van der Waals surface area contributed by atoms with Crippen LogP contribution in [0, 0.1) is 11.8 Å². The van der Waals surface area contributed by atoms with Gasteiger partial charge in [0.2, 0.25) is 0 Å². The van der Waals surface area contributed by atoms with Crippen molar-refractivity contribution in [3.8, 4) is 11.8 Å². The Morgan fingerprint density at radius 2 is 1.52 bits per heavy atom. The first-order valence-corrected chi connectivity index (χ1v) is 9.53. The van der Waals surface area contributed by atoms with Crippen LogP contribution in [0.3, 0.4) is 0 Å². The maximum atomic E-state index is 12.9. The topological polar surface area (TPSA) is 96.8 Å². The van der Waals surface area contributed by atoms with Crippen LogP contribution in [-0.2, 0) is 18.1 Å². The highest BCUT2D eigenvalue weighted by atomic mass is 31.2. The Labute approximate surface area is 150 Å².